The van der Waals surface area contributed by atoms with E-state index in [1.165, 1.54) is 0 Å². The molecule has 2 heterocycles. The van der Waals surface area contributed by atoms with Crippen LogP contribution in [0.4, 0.5) is 0 Å². The Bertz CT molecular complexity index is 678. The van der Waals surface area contributed by atoms with E-state index in [2.05, 4.69) is 16.1 Å². The van der Waals surface area contributed by atoms with E-state index in [0.717, 1.165) is 37.2 Å². The number of hydrogen-bond donors (Lipinski definition) is 1. The summed E-state index contributed by atoms with van der Waals surface area (Å²) in [7, 11) is 0. The van der Waals surface area contributed by atoms with Gasteiger partial charge >= 0.3 is 0 Å². The highest BCUT2D eigenvalue weighted by molar-refractivity contribution is 5.28. The average Bonchev–Trinajstić information content (AvgIpc) is 3.28. The quantitative estimate of drug-likeness (QED) is 0.794. The molecule has 0 unspecified atom stereocenters. The summed E-state index contributed by atoms with van der Waals surface area (Å²) in [6, 6.07) is 11.9. The number of rotatable bonds is 8. The summed E-state index contributed by atoms with van der Waals surface area (Å²) in [6.07, 6.45) is 5.93. The molecule has 0 spiro atoms. The summed E-state index contributed by atoms with van der Waals surface area (Å²) < 4.78 is 7.63. The van der Waals surface area contributed by atoms with Crippen LogP contribution in [0.3, 0.4) is 0 Å². The van der Waals surface area contributed by atoms with Crippen molar-refractivity contribution in [1.82, 2.24) is 14.7 Å². The summed E-state index contributed by atoms with van der Waals surface area (Å²) >= 11 is 0. The van der Waals surface area contributed by atoms with Crippen molar-refractivity contribution in [3.05, 3.63) is 48.3 Å². The van der Waals surface area contributed by atoms with Crippen LogP contribution >= 0.6 is 0 Å². The normalized spacial score (nSPS) is 18.8. The van der Waals surface area contributed by atoms with Crippen LogP contribution in [0.5, 0.6) is 5.75 Å². The van der Waals surface area contributed by atoms with Crippen LogP contribution in [0.15, 0.2) is 42.7 Å². The van der Waals surface area contributed by atoms with E-state index in [1.807, 2.05) is 41.2 Å². The molecule has 1 aromatic heterocycles. The summed E-state index contributed by atoms with van der Waals surface area (Å²) in [5, 5.41) is 23.3. The van der Waals surface area contributed by atoms with Gasteiger partial charge in [0.2, 0.25) is 0 Å². The minimum Gasteiger partial charge on any atom is -0.491 e. The molecule has 0 aliphatic carbocycles. The molecule has 1 saturated heterocycles. The monoisotopic (exact) mass is 340 g/mol. The van der Waals surface area contributed by atoms with E-state index < -0.39 is 6.10 Å². The molecule has 1 N–H and O–H groups in total. The van der Waals surface area contributed by atoms with Crippen molar-refractivity contribution >= 4 is 0 Å². The molecule has 1 aromatic carbocycles. The zero-order chi connectivity index (χ0) is 17.5. The summed E-state index contributed by atoms with van der Waals surface area (Å²) in [4.78, 5) is 2.33. The van der Waals surface area contributed by atoms with E-state index in [4.69, 9.17) is 10.00 Å². The molecule has 2 atom stereocenters. The maximum absolute atomic E-state index is 10.3. The van der Waals surface area contributed by atoms with Crippen LogP contribution in [0.2, 0.25) is 0 Å². The Morgan fingerprint density at radius 3 is 2.92 bits per heavy atom. The van der Waals surface area contributed by atoms with Gasteiger partial charge in [-0.05, 0) is 43.1 Å². The first-order valence-corrected chi connectivity index (χ1v) is 8.73. The largest absolute Gasteiger partial charge is 0.491 e. The summed E-state index contributed by atoms with van der Waals surface area (Å²) in [5.41, 5.74) is 0.967. The molecular weight excluding hydrogens is 316 g/mol. The van der Waals surface area contributed by atoms with Gasteiger partial charge in [-0.3, -0.25) is 9.58 Å². The van der Waals surface area contributed by atoms with Gasteiger partial charge in [-0.2, -0.15) is 10.4 Å². The predicted molar refractivity (Wildman–Crippen MR) is 94.1 cm³/mol. The molecule has 25 heavy (non-hydrogen) atoms. The fraction of sp³-hybridized carbons (Fsp3) is 0.474. The maximum atomic E-state index is 10.3. The lowest BCUT2D eigenvalue weighted by atomic mass is 10.2. The molecule has 0 saturated carbocycles. The van der Waals surface area contributed by atoms with Crippen LogP contribution in [0, 0.1) is 11.3 Å². The predicted octanol–water partition coefficient (Wildman–Crippen LogP) is 1.85. The third-order valence-electron chi connectivity index (χ3n) is 4.55. The standard InChI is InChI=1S/C19H24N4O2/c20-9-8-16-4-6-19(7-5-16)25-15-18(24)14-22-11-1-3-17(22)13-23-12-2-10-21-23/h2,4-7,10,12,17-18,24H,1,3,8,11,13-15H2/t17-,18-/m1/s1. The Hall–Kier alpha value is -2.36. The van der Waals surface area contributed by atoms with Crippen LogP contribution in [0.1, 0.15) is 18.4 Å². The van der Waals surface area contributed by atoms with Gasteiger partial charge in [0.1, 0.15) is 18.5 Å². The van der Waals surface area contributed by atoms with Crippen LogP contribution in [-0.2, 0) is 13.0 Å². The molecule has 6 heteroatoms. The second-order valence-electron chi connectivity index (χ2n) is 6.46. The number of β-amino-alcohol motifs (C(OH)–C–C–N with tert-alkyl or cyclic N) is 1. The molecule has 6 nitrogen and oxygen atoms in total. The summed E-state index contributed by atoms with van der Waals surface area (Å²) in [6.45, 7) is 2.74. The van der Waals surface area contributed by atoms with Gasteiger partial charge < -0.3 is 9.84 Å². The number of nitrogens with zero attached hydrogens (tertiary/aromatic N) is 4. The van der Waals surface area contributed by atoms with E-state index in [-0.39, 0.29) is 6.61 Å². The van der Waals surface area contributed by atoms with Crippen molar-refractivity contribution in [3.8, 4) is 11.8 Å². The van der Waals surface area contributed by atoms with Crippen molar-refractivity contribution in [2.24, 2.45) is 0 Å². The third kappa shape index (κ3) is 5.05. The number of aliphatic hydroxyl groups excluding tert-OH is 1. The Balaban J connectivity index is 1.45. The number of hydrogen-bond acceptors (Lipinski definition) is 5. The van der Waals surface area contributed by atoms with E-state index in [1.54, 1.807) is 6.20 Å². The molecule has 1 fully saturated rings. The molecule has 132 valence electrons. The van der Waals surface area contributed by atoms with Gasteiger partial charge in [-0.1, -0.05) is 12.1 Å². The van der Waals surface area contributed by atoms with Gasteiger partial charge in [-0.15, -0.1) is 0 Å². The smallest absolute Gasteiger partial charge is 0.119 e. The molecule has 0 amide bonds. The van der Waals surface area contributed by atoms with E-state index in [0.29, 0.717) is 19.0 Å². The Labute approximate surface area is 148 Å². The fourth-order valence-corrected chi connectivity index (χ4v) is 3.28. The molecule has 3 rings (SSSR count). The highest BCUT2D eigenvalue weighted by Gasteiger charge is 2.26. The SMILES string of the molecule is N#CCc1ccc(OC[C@H](O)CN2CCC[C@@H]2Cn2cccn2)cc1. The zero-order valence-electron chi connectivity index (χ0n) is 14.3. The average molecular weight is 340 g/mol. The molecular formula is C19H24N4O2. The van der Waals surface area contributed by atoms with Crippen molar-refractivity contribution in [1.29, 1.82) is 5.26 Å². The first kappa shape index (κ1) is 17.5. The van der Waals surface area contributed by atoms with Crippen molar-refractivity contribution in [2.75, 3.05) is 19.7 Å². The number of ether oxygens (including phenoxy) is 1. The number of aromatic nitrogens is 2. The van der Waals surface area contributed by atoms with Crippen molar-refractivity contribution < 1.29 is 9.84 Å². The Morgan fingerprint density at radius 1 is 1.36 bits per heavy atom. The van der Waals surface area contributed by atoms with Crippen LogP contribution in [-0.4, -0.2) is 51.6 Å². The highest BCUT2D eigenvalue weighted by atomic mass is 16.5. The second kappa shape index (κ2) is 8.65. The van der Waals surface area contributed by atoms with E-state index >= 15 is 0 Å². The molecule has 0 bridgehead atoms. The number of benzene rings is 1. The summed E-state index contributed by atoms with van der Waals surface area (Å²) in [5.74, 6) is 0.718. The lowest BCUT2D eigenvalue weighted by molar-refractivity contribution is 0.0609. The lowest BCUT2D eigenvalue weighted by Gasteiger charge is -2.26. The first-order valence-electron chi connectivity index (χ1n) is 8.73. The minimum atomic E-state index is -0.531. The topological polar surface area (TPSA) is 74.3 Å². The number of aliphatic hydroxyl groups is 1. The van der Waals surface area contributed by atoms with Crippen molar-refractivity contribution in [3.63, 3.8) is 0 Å². The maximum Gasteiger partial charge on any atom is 0.119 e. The second-order valence-corrected chi connectivity index (χ2v) is 6.46. The highest BCUT2D eigenvalue weighted by Crippen LogP contribution is 2.19. The van der Waals surface area contributed by atoms with Crippen LogP contribution < -0.4 is 4.74 Å². The minimum absolute atomic E-state index is 0.266. The first-order chi connectivity index (χ1) is 12.2. The van der Waals surface area contributed by atoms with E-state index in [9.17, 15) is 5.11 Å². The zero-order valence-corrected chi connectivity index (χ0v) is 14.3. The van der Waals surface area contributed by atoms with Gasteiger partial charge in [0.25, 0.3) is 0 Å². The molecule has 2 aromatic rings. The third-order valence-corrected chi connectivity index (χ3v) is 4.55. The van der Waals surface area contributed by atoms with Crippen molar-refractivity contribution in [2.45, 2.75) is 38.0 Å². The van der Waals surface area contributed by atoms with Crippen LogP contribution in [0.25, 0.3) is 0 Å². The number of likely N-dealkylation sites (tertiary alicyclic amines) is 1. The van der Waals surface area contributed by atoms with Gasteiger partial charge in [0.05, 0.1) is 19.0 Å². The fourth-order valence-electron chi connectivity index (χ4n) is 3.28. The van der Waals surface area contributed by atoms with Gasteiger partial charge in [0, 0.05) is 25.0 Å². The van der Waals surface area contributed by atoms with Gasteiger partial charge in [0.15, 0.2) is 0 Å². The molecule has 1 aliphatic heterocycles. The lowest BCUT2D eigenvalue weighted by Crippen LogP contribution is -2.40. The Morgan fingerprint density at radius 2 is 2.20 bits per heavy atom. The van der Waals surface area contributed by atoms with Gasteiger partial charge in [-0.25, -0.2) is 0 Å². The molecule has 0 radical (unpaired) electrons. The Kier molecular flexibility index (Phi) is 6.04. The number of nitriles is 1. The molecule has 1 aliphatic rings.